The van der Waals surface area contributed by atoms with Gasteiger partial charge in [0.2, 0.25) is 0 Å². The van der Waals surface area contributed by atoms with Gasteiger partial charge in [-0.15, -0.1) is 0 Å². The van der Waals surface area contributed by atoms with E-state index in [0.717, 1.165) is 45.7 Å². The summed E-state index contributed by atoms with van der Waals surface area (Å²) >= 11 is 13.1. The van der Waals surface area contributed by atoms with Gasteiger partial charge in [-0.05, 0) is 36.2 Å². The molecule has 156 valence electrons. The lowest BCUT2D eigenvalue weighted by atomic mass is 9.87. The summed E-state index contributed by atoms with van der Waals surface area (Å²) in [6, 6.07) is 26.5. The van der Waals surface area contributed by atoms with Gasteiger partial charge in [-0.2, -0.15) is 5.10 Å². The van der Waals surface area contributed by atoms with Crippen molar-refractivity contribution >= 4 is 34.1 Å². The molecule has 0 radical (unpaired) electrons. The number of benzene rings is 3. The number of para-hydroxylation sites is 1. The monoisotopic (exact) mass is 455 g/mol. The maximum atomic E-state index is 6.71. The summed E-state index contributed by atoms with van der Waals surface area (Å²) in [5.74, 6) is 0. The van der Waals surface area contributed by atoms with Gasteiger partial charge < -0.3 is 0 Å². The molecule has 5 heteroatoms. The fraction of sp³-hybridized carbons (Fsp3) is 0.111. The van der Waals surface area contributed by atoms with Crippen LogP contribution in [0, 0.1) is 6.92 Å². The van der Waals surface area contributed by atoms with E-state index in [1.807, 2.05) is 42.5 Å². The molecular formula is C27H19Cl2N3. The van der Waals surface area contributed by atoms with Crippen molar-refractivity contribution in [3.63, 3.8) is 0 Å². The highest BCUT2D eigenvalue weighted by atomic mass is 35.5. The van der Waals surface area contributed by atoms with Crippen molar-refractivity contribution in [3.05, 3.63) is 106 Å². The topological polar surface area (TPSA) is 30.7 Å². The number of hydrogen-bond acceptors (Lipinski definition) is 2. The molecule has 1 aliphatic heterocycles. The summed E-state index contributed by atoms with van der Waals surface area (Å²) in [4.78, 5) is 4.91. The summed E-state index contributed by atoms with van der Waals surface area (Å²) in [5, 5.41) is 7.37. The Morgan fingerprint density at radius 2 is 1.69 bits per heavy atom. The van der Waals surface area contributed by atoms with E-state index in [0.29, 0.717) is 10.0 Å². The molecule has 3 heterocycles. The zero-order valence-electron chi connectivity index (χ0n) is 17.4. The van der Waals surface area contributed by atoms with Gasteiger partial charge in [0.05, 0.1) is 33.0 Å². The van der Waals surface area contributed by atoms with E-state index < -0.39 is 0 Å². The fourth-order valence-corrected chi connectivity index (χ4v) is 5.27. The summed E-state index contributed by atoms with van der Waals surface area (Å²) in [7, 11) is 0. The number of aryl methyl sites for hydroxylation is 1. The molecule has 6 rings (SSSR count). The van der Waals surface area contributed by atoms with Crippen molar-refractivity contribution in [3.8, 4) is 22.5 Å². The number of halogens is 2. The third-order valence-corrected chi connectivity index (χ3v) is 7.11. The van der Waals surface area contributed by atoms with Crippen LogP contribution in [0.4, 0.5) is 0 Å². The Hall–Kier alpha value is -3.14. The molecule has 0 aliphatic carbocycles. The predicted octanol–water partition coefficient (Wildman–Crippen LogP) is 7.53. The van der Waals surface area contributed by atoms with Crippen LogP contribution in [0.3, 0.4) is 0 Å². The molecule has 0 N–H and O–H groups in total. The van der Waals surface area contributed by atoms with Crippen molar-refractivity contribution in [1.29, 1.82) is 0 Å². The first kappa shape index (κ1) is 19.5. The lowest BCUT2D eigenvalue weighted by Crippen LogP contribution is -2.22. The first-order valence-electron chi connectivity index (χ1n) is 10.6. The van der Waals surface area contributed by atoms with Gasteiger partial charge in [0.15, 0.2) is 0 Å². The van der Waals surface area contributed by atoms with Crippen molar-refractivity contribution in [2.45, 2.75) is 19.4 Å². The minimum atomic E-state index is -0.0635. The minimum Gasteiger partial charge on any atom is -0.256 e. The van der Waals surface area contributed by atoms with Crippen LogP contribution >= 0.6 is 23.2 Å². The highest BCUT2D eigenvalue weighted by Gasteiger charge is 2.32. The van der Waals surface area contributed by atoms with E-state index in [4.69, 9.17) is 33.3 Å². The highest BCUT2D eigenvalue weighted by molar-refractivity contribution is 6.42. The highest BCUT2D eigenvalue weighted by Crippen LogP contribution is 2.45. The summed E-state index contributed by atoms with van der Waals surface area (Å²) in [6.45, 7) is 2.08. The Balaban J connectivity index is 1.67. The van der Waals surface area contributed by atoms with E-state index in [-0.39, 0.29) is 6.04 Å². The molecule has 1 atom stereocenters. The molecule has 32 heavy (non-hydrogen) atoms. The van der Waals surface area contributed by atoms with Crippen LogP contribution in [0.1, 0.15) is 22.9 Å². The lowest BCUT2D eigenvalue weighted by Gasteiger charge is -2.29. The fourth-order valence-electron chi connectivity index (χ4n) is 4.84. The summed E-state index contributed by atoms with van der Waals surface area (Å²) in [5.41, 5.74) is 8.51. The van der Waals surface area contributed by atoms with Crippen LogP contribution in [0.5, 0.6) is 0 Å². The van der Waals surface area contributed by atoms with E-state index in [1.54, 1.807) is 0 Å². The molecule has 0 amide bonds. The second-order valence-electron chi connectivity index (χ2n) is 8.16. The standard InChI is InChI=1S/C27H19Cl2N3/c1-16-26-20(18-10-5-6-13-22(18)30-16)14-24(19-11-7-12-21(28)27(19)29)32-25(26)15-23(31-32)17-8-3-2-4-9-17/h2-13,15,24H,14H2,1H3/t24-/m0/s1. The quantitative estimate of drug-likeness (QED) is 0.275. The number of aromatic nitrogens is 3. The van der Waals surface area contributed by atoms with E-state index in [9.17, 15) is 0 Å². The van der Waals surface area contributed by atoms with Crippen LogP contribution in [0.25, 0.3) is 33.4 Å². The van der Waals surface area contributed by atoms with Gasteiger partial charge in [-0.1, -0.05) is 83.9 Å². The van der Waals surface area contributed by atoms with E-state index in [1.165, 1.54) is 10.9 Å². The van der Waals surface area contributed by atoms with E-state index in [2.05, 4.69) is 48.0 Å². The van der Waals surface area contributed by atoms with Gasteiger partial charge in [0.1, 0.15) is 0 Å². The van der Waals surface area contributed by atoms with Gasteiger partial charge in [0.25, 0.3) is 0 Å². The Kier molecular flexibility index (Phi) is 4.56. The molecule has 0 fully saturated rings. The zero-order chi connectivity index (χ0) is 21.8. The van der Waals surface area contributed by atoms with Gasteiger partial charge in [0, 0.05) is 28.6 Å². The van der Waals surface area contributed by atoms with Crippen LogP contribution in [-0.4, -0.2) is 14.8 Å². The number of pyridine rings is 1. The normalized spacial score (nSPS) is 14.9. The molecule has 0 spiro atoms. The second kappa shape index (κ2) is 7.47. The summed E-state index contributed by atoms with van der Waals surface area (Å²) in [6.07, 6.45) is 0.766. The maximum absolute atomic E-state index is 6.71. The molecule has 2 aromatic heterocycles. The SMILES string of the molecule is Cc1nc2ccccc2c2c1-c1cc(-c3ccccc3)nn1[C@H](c1cccc(Cl)c1Cl)C2. The lowest BCUT2D eigenvalue weighted by molar-refractivity contribution is 0.517. The number of nitrogens with zero attached hydrogens (tertiary/aromatic N) is 3. The summed E-state index contributed by atoms with van der Waals surface area (Å²) < 4.78 is 2.10. The van der Waals surface area contributed by atoms with Crippen LogP contribution in [0.15, 0.2) is 78.9 Å². The molecule has 0 saturated carbocycles. The predicted molar refractivity (Wildman–Crippen MR) is 131 cm³/mol. The Morgan fingerprint density at radius 3 is 2.53 bits per heavy atom. The molecule has 5 aromatic rings. The number of rotatable bonds is 2. The third kappa shape index (κ3) is 2.96. The first-order valence-corrected chi connectivity index (χ1v) is 11.3. The van der Waals surface area contributed by atoms with Crippen molar-refractivity contribution in [1.82, 2.24) is 14.8 Å². The molecule has 3 aromatic carbocycles. The Bertz CT molecular complexity index is 1490. The number of fused-ring (bicyclic) bond motifs is 5. The maximum Gasteiger partial charge on any atom is 0.0930 e. The molecular weight excluding hydrogens is 437 g/mol. The second-order valence-corrected chi connectivity index (χ2v) is 8.94. The van der Waals surface area contributed by atoms with Crippen molar-refractivity contribution in [2.24, 2.45) is 0 Å². The van der Waals surface area contributed by atoms with Gasteiger partial charge in [-0.3, -0.25) is 9.67 Å². The molecule has 0 bridgehead atoms. The minimum absolute atomic E-state index is 0.0635. The van der Waals surface area contributed by atoms with Crippen molar-refractivity contribution in [2.75, 3.05) is 0 Å². The van der Waals surface area contributed by atoms with Gasteiger partial charge >= 0.3 is 0 Å². The molecule has 0 saturated heterocycles. The third-order valence-electron chi connectivity index (χ3n) is 6.28. The van der Waals surface area contributed by atoms with E-state index >= 15 is 0 Å². The average molecular weight is 456 g/mol. The Labute approximate surface area is 196 Å². The smallest absolute Gasteiger partial charge is 0.0930 e. The van der Waals surface area contributed by atoms with Gasteiger partial charge in [-0.25, -0.2) is 0 Å². The van der Waals surface area contributed by atoms with Crippen LogP contribution in [-0.2, 0) is 6.42 Å². The Morgan fingerprint density at radius 1 is 0.906 bits per heavy atom. The molecule has 1 aliphatic rings. The molecule has 0 unspecified atom stereocenters. The van der Waals surface area contributed by atoms with Crippen molar-refractivity contribution < 1.29 is 0 Å². The molecule has 3 nitrogen and oxygen atoms in total. The first-order chi connectivity index (χ1) is 15.6. The van der Waals surface area contributed by atoms with Crippen LogP contribution < -0.4 is 0 Å². The average Bonchev–Trinajstić information content (AvgIpc) is 3.26. The largest absolute Gasteiger partial charge is 0.256 e. The zero-order valence-corrected chi connectivity index (χ0v) is 18.9. The number of hydrogen-bond donors (Lipinski definition) is 0. The van der Waals surface area contributed by atoms with Crippen LogP contribution in [0.2, 0.25) is 10.0 Å².